The van der Waals surface area contributed by atoms with Gasteiger partial charge in [-0.25, -0.2) is 0 Å². The van der Waals surface area contributed by atoms with E-state index in [1.165, 1.54) is 11.1 Å². The number of fused-ring (bicyclic) bond motifs is 1. The Balaban J connectivity index is 1.45. The normalized spacial score (nSPS) is 24.6. The van der Waals surface area contributed by atoms with E-state index in [4.69, 9.17) is 4.74 Å². The molecule has 2 fully saturated rings. The van der Waals surface area contributed by atoms with Crippen LogP contribution in [-0.4, -0.2) is 41.4 Å². The van der Waals surface area contributed by atoms with E-state index in [-0.39, 0.29) is 18.1 Å². The van der Waals surface area contributed by atoms with Crippen LogP contribution in [0, 0.1) is 11.8 Å². The van der Waals surface area contributed by atoms with E-state index < -0.39 is 0 Å². The highest BCUT2D eigenvalue weighted by Crippen LogP contribution is 2.45. The smallest absolute Gasteiger partial charge is 0.219 e. The molecule has 0 unspecified atom stereocenters. The summed E-state index contributed by atoms with van der Waals surface area (Å²) in [4.78, 5) is 16.9. The van der Waals surface area contributed by atoms with Gasteiger partial charge < -0.3 is 9.64 Å². The van der Waals surface area contributed by atoms with Gasteiger partial charge in [-0.2, -0.15) is 0 Å². The van der Waals surface area contributed by atoms with Crippen LogP contribution in [0.15, 0.2) is 54.6 Å². The number of hydrogen-bond acceptors (Lipinski definition) is 3. The molecule has 4 rings (SSSR count). The monoisotopic (exact) mass is 378 g/mol. The topological polar surface area (TPSA) is 32.8 Å². The average Bonchev–Trinajstić information content (AvgIpc) is 3.21. The molecular formula is C24H30N2O2. The lowest BCUT2D eigenvalue weighted by atomic mass is 9.89. The minimum absolute atomic E-state index is 0.190. The van der Waals surface area contributed by atoms with E-state index in [1.54, 1.807) is 6.92 Å². The number of carbonyl (C=O) groups is 1. The quantitative estimate of drug-likeness (QED) is 0.784. The third kappa shape index (κ3) is 3.93. The van der Waals surface area contributed by atoms with E-state index in [9.17, 15) is 4.79 Å². The van der Waals surface area contributed by atoms with Crippen molar-refractivity contribution in [1.29, 1.82) is 0 Å². The van der Waals surface area contributed by atoms with Crippen molar-refractivity contribution >= 4 is 5.91 Å². The zero-order valence-electron chi connectivity index (χ0n) is 17.0. The Labute approximate surface area is 168 Å². The molecule has 4 heteroatoms. The summed E-state index contributed by atoms with van der Waals surface area (Å²) in [6.45, 7) is 9.72. The first-order chi connectivity index (χ1) is 13.5. The van der Waals surface area contributed by atoms with Crippen molar-refractivity contribution in [2.75, 3.05) is 19.6 Å². The second kappa shape index (κ2) is 7.96. The summed E-state index contributed by atoms with van der Waals surface area (Å²) >= 11 is 0. The molecule has 148 valence electrons. The van der Waals surface area contributed by atoms with E-state index in [1.807, 2.05) is 19.9 Å². The van der Waals surface area contributed by atoms with Gasteiger partial charge in [0, 0.05) is 39.0 Å². The number of nitrogens with zero attached hydrogens (tertiary/aromatic N) is 2. The molecule has 2 heterocycles. The second-order valence-corrected chi connectivity index (χ2v) is 8.46. The average molecular weight is 379 g/mol. The minimum atomic E-state index is 0.190. The van der Waals surface area contributed by atoms with Gasteiger partial charge in [0.15, 0.2) is 0 Å². The Morgan fingerprint density at radius 3 is 2.39 bits per heavy atom. The van der Waals surface area contributed by atoms with Crippen LogP contribution in [0.2, 0.25) is 0 Å². The zero-order valence-corrected chi connectivity index (χ0v) is 17.0. The summed E-state index contributed by atoms with van der Waals surface area (Å²) in [5.41, 5.74) is 2.58. The molecule has 0 aromatic heterocycles. The predicted octanol–water partition coefficient (Wildman–Crippen LogP) is 4.13. The Bertz CT molecular complexity index is 803. The lowest BCUT2D eigenvalue weighted by Crippen LogP contribution is -2.34. The number of rotatable bonds is 5. The SMILES string of the molecule is CC(=O)N1C[C@H]2CN(Cc3ccc(OC(C)C)cc3)C[C@H]2[C@H]1c1ccccc1. The van der Waals surface area contributed by atoms with Gasteiger partial charge in [0.05, 0.1) is 12.1 Å². The molecule has 0 radical (unpaired) electrons. The lowest BCUT2D eigenvalue weighted by molar-refractivity contribution is -0.130. The molecule has 0 aliphatic carbocycles. The van der Waals surface area contributed by atoms with Crippen molar-refractivity contribution in [1.82, 2.24) is 9.80 Å². The van der Waals surface area contributed by atoms with Crippen molar-refractivity contribution < 1.29 is 9.53 Å². The summed E-state index contributed by atoms with van der Waals surface area (Å²) in [6.07, 6.45) is 0.197. The van der Waals surface area contributed by atoms with E-state index >= 15 is 0 Å². The van der Waals surface area contributed by atoms with Crippen LogP contribution in [0.1, 0.15) is 37.9 Å². The van der Waals surface area contributed by atoms with Crippen molar-refractivity contribution in [2.45, 2.75) is 39.5 Å². The molecule has 0 bridgehead atoms. The van der Waals surface area contributed by atoms with Crippen molar-refractivity contribution in [3.05, 3.63) is 65.7 Å². The Kier molecular flexibility index (Phi) is 5.40. The summed E-state index contributed by atoms with van der Waals surface area (Å²) in [6, 6.07) is 19.2. The molecule has 0 spiro atoms. The van der Waals surface area contributed by atoms with E-state index in [0.717, 1.165) is 31.9 Å². The number of hydrogen-bond donors (Lipinski definition) is 0. The fourth-order valence-electron chi connectivity index (χ4n) is 4.87. The number of amides is 1. The number of benzene rings is 2. The van der Waals surface area contributed by atoms with Crippen molar-refractivity contribution in [3.63, 3.8) is 0 Å². The molecule has 2 aliphatic heterocycles. The number of carbonyl (C=O) groups excluding carboxylic acids is 1. The standard InChI is InChI=1S/C24H30N2O2/c1-17(2)28-22-11-9-19(10-12-22)13-25-14-21-15-26(18(3)27)24(23(21)16-25)20-7-5-4-6-8-20/h4-12,17,21,23-24H,13-16H2,1-3H3/t21-,23-,24-/m1/s1. The minimum Gasteiger partial charge on any atom is -0.491 e. The third-order valence-electron chi connectivity index (χ3n) is 5.99. The fourth-order valence-corrected chi connectivity index (χ4v) is 4.87. The Morgan fingerprint density at radius 1 is 1.04 bits per heavy atom. The molecular weight excluding hydrogens is 348 g/mol. The zero-order chi connectivity index (χ0) is 19.7. The summed E-state index contributed by atoms with van der Waals surface area (Å²) in [5.74, 6) is 2.18. The van der Waals surface area contributed by atoms with E-state index in [2.05, 4.69) is 58.3 Å². The lowest BCUT2D eigenvalue weighted by Gasteiger charge is -2.29. The highest BCUT2D eigenvalue weighted by molar-refractivity contribution is 5.74. The van der Waals surface area contributed by atoms with E-state index in [0.29, 0.717) is 11.8 Å². The van der Waals surface area contributed by atoms with Crippen LogP contribution < -0.4 is 4.74 Å². The summed E-state index contributed by atoms with van der Waals surface area (Å²) < 4.78 is 5.75. The van der Waals surface area contributed by atoms with Gasteiger partial charge in [-0.15, -0.1) is 0 Å². The largest absolute Gasteiger partial charge is 0.491 e. The van der Waals surface area contributed by atoms with Crippen LogP contribution in [0.3, 0.4) is 0 Å². The maximum absolute atomic E-state index is 12.2. The molecule has 1 amide bonds. The van der Waals surface area contributed by atoms with Gasteiger partial charge in [-0.3, -0.25) is 9.69 Å². The van der Waals surface area contributed by atoms with Crippen LogP contribution in [0.5, 0.6) is 5.75 Å². The van der Waals surface area contributed by atoms with Gasteiger partial charge in [-0.1, -0.05) is 42.5 Å². The highest BCUT2D eigenvalue weighted by atomic mass is 16.5. The van der Waals surface area contributed by atoms with Crippen LogP contribution in [0.25, 0.3) is 0 Å². The molecule has 0 saturated carbocycles. The molecule has 2 saturated heterocycles. The van der Waals surface area contributed by atoms with Gasteiger partial charge in [0.25, 0.3) is 0 Å². The number of likely N-dealkylation sites (tertiary alicyclic amines) is 2. The molecule has 28 heavy (non-hydrogen) atoms. The molecule has 3 atom stereocenters. The van der Waals surface area contributed by atoms with Crippen LogP contribution in [0.4, 0.5) is 0 Å². The highest BCUT2D eigenvalue weighted by Gasteiger charge is 2.48. The summed E-state index contributed by atoms with van der Waals surface area (Å²) in [7, 11) is 0. The van der Waals surface area contributed by atoms with Crippen LogP contribution in [-0.2, 0) is 11.3 Å². The molecule has 0 N–H and O–H groups in total. The van der Waals surface area contributed by atoms with Gasteiger partial charge in [0.1, 0.15) is 5.75 Å². The van der Waals surface area contributed by atoms with Gasteiger partial charge >= 0.3 is 0 Å². The first-order valence-corrected chi connectivity index (χ1v) is 10.3. The second-order valence-electron chi connectivity index (χ2n) is 8.46. The predicted molar refractivity (Wildman–Crippen MR) is 111 cm³/mol. The van der Waals surface area contributed by atoms with Crippen LogP contribution >= 0.6 is 0 Å². The number of ether oxygens (including phenoxy) is 1. The fraction of sp³-hybridized carbons (Fsp3) is 0.458. The molecule has 2 aromatic rings. The Hall–Kier alpha value is -2.33. The third-order valence-corrected chi connectivity index (χ3v) is 5.99. The van der Waals surface area contributed by atoms with Gasteiger partial charge in [0.2, 0.25) is 5.91 Å². The van der Waals surface area contributed by atoms with Crippen molar-refractivity contribution in [3.8, 4) is 5.75 Å². The first kappa shape index (κ1) is 19.0. The Morgan fingerprint density at radius 2 is 1.75 bits per heavy atom. The first-order valence-electron chi connectivity index (χ1n) is 10.3. The molecule has 2 aliphatic rings. The molecule has 4 nitrogen and oxygen atoms in total. The van der Waals surface area contributed by atoms with Gasteiger partial charge in [-0.05, 0) is 43.0 Å². The molecule has 2 aromatic carbocycles. The summed E-state index contributed by atoms with van der Waals surface area (Å²) in [5, 5.41) is 0. The maximum Gasteiger partial charge on any atom is 0.219 e. The maximum atomic E-state index is 12.2. The van der Waals surface area contributed by atoms with Crippen molar-refractivity contribution in [2.24, 2.45) is 11.8 Å².